The maximum absolute atomic E-state index is 11.1. The van der Waals surface area contributed by atoms with Gasteiger partial charge in [0.25, 0.3) is 5.69 Å². The Morgan fingerprint density at radius 2 is 1.86 bits per heavy atom. The minimum Gasteiger partial charge on any atom is -0.396 e. The van der Waals surface area contributed by atoms with Crippen LogP contribution in [-0.4, -0.2) is 23.2 Å². The highest BCUT2D eigenvalue weighted by Crippen LogP contribution is 2.38. The Kier molecular flexibility index (Phi) is 5.30. The Hall–Kier alpha value is -1.04. The van der Waals surface area contributed by atoms with Crippen LogP contribution in [0.4, 0.5) is 11.4 Å². The van der Waals surface area contributed by atoms with Crippen molar-refractivity contribution in [2.45, 2.75) is 32.1 Å². The number of nitro benzene ring substituents is 1. The number of nitro groups is 1. The van der Waals surface area contributed by atoms with Crippen LogP contribution in [0.1, 0.15) is 32.1 Å². The fourth-order valence-corrected chi connectivity index (χ4v) is 3.13. The number of anilines is 1. The second kappa shape index (κ2) is 6.81. The molecule has 2 rings (SSSR count). The molecule has 2 N–H and O–H groups in total. The fourth-order valence-electron chi connectivity index (χ4n) is 2.80. The number of nitrogens with one attached hydrogen (secondary N) is 1. The van der Waals surface area contributed by atoms with Gasteiger partial charge in [0.1, 0.15) is 5.69 Å². The van der Waals surface area contributed by atoms with Crippen LogP contribution in [0.25, 0.3) is 0 Å². The summed E-state index contributed by atoms with van der Waals surface area (Å²) in [5.74, 6) is 0. The van der Waals surface area contributed by atoms with Gasteiger partial charge in [0, 0.05) is 18.0 Å². The van der Waals surface area contributed by atoms with Crippen molar-refractivity contribution >= 4 is 34.6 Å². The lowest BCUT2D eigenvalue weighted by Gasteiger charge is -2.35. The van der Waals surface area contributed by atoms with E-state index in [2.05, 4.69) is 5.32 Å². The van der Waals surface area contributed by atoms with E-state index in [0.717, 1.165) is 25.7 Å². The molecule has 7 heteroatoms. The number of aliphatic hydroxyl groups is 1. The van der Waals surface area contributed by atoms with Gasteiger partial charge in [-0.1, -0.05) is 42.5 Å². The van der Waals surface area contributed by atoms with Gasteiger partial charge in [0.2, 0.25) is 0 Å². The maximum Gasteiger partial charge on any atom is 0.293 e. The standard InChI is InChI=1S/C14H18Cl2N2O3/c15-10-6-12(13(18(20)21)7-11(10)16)17-8-14(9-19)4-2-1-3-5-14/h6-7,17,19H,1-5,8-9H2. The van der Waals surface area contributed by atoms with E-state index < -0.39 is 4.92 Å². The zero-order chi connectivity index (χ0) is 15.5. The first-order valence-corrected chi connectivity index (χ1v) is 7.71. The predicted molar refractivity (Wildman–Crippen MR) is 84.2 cm³/mol. The quantitative estimate of drug-likeness (QED) is 0.624. The summed E-state index contributed by atoms with van der Waals surface area (Å²) in [4.78, 5) is 10.6. The SMILES string of the molecule is O=[N+]([O-])c1cc(Cl)c(Cl)cc1NCC1(CO)CCCCC1. The van der Waals surface area contributed by atoms with Crippen LogP contribution in [0.5, 0.6) is 0 Å². The van der Waals surface area contributed by atoms with E-state index in [1.165, 1.54) is 18.6 Å². The molecule has 0 aliphatic heterocycles. The van der Waals surface area contributed by atoms with Crippen molar-refractivity contribution in [3.8, 4) is 0 Å². The van der Waals surface area contributed by atoms with Crippen LogP contribution in [0.15, 0.2) is 12.1 Å². The van der Waals surface area contributed by atoms with Crippen molar-refractivity contribution < 1.29 is 10.0 Å². The van der Waals surface area contributed by atoms with Crippen LogP contribution >= 0.6 is 23.2 Å². The summed E-state index contributed by atoms with van der Waals surface area (Å²) in [6.45, 7) is 0.567. The Balaban J connectivity index is 2.18. The highest BCUT2D eigenvalue weighted by Gasteiger charge is 2.32. The third kappa shape index (κ3) is 3.78. The monoisotopic (exact) mass is 332 g/mol. The van der Waals surface area contributed by atoms with Crippen LogP contribution in [0, 0.1) is 15.5 Å². The second-order valence-corrected chi connectivity index (χ2v) is 6.43. The molecule has 1 saturated carbocycles. The first-order chi connectivity index (χ1) is 9.97. The van der Waals surface area contributed by atoms with Gasteiger partial charge in [-0.05, 0) is 18.9 Å². The fraction of sp³-hybridized carbons (Fsp3) is 0.571. The van der Waals surface area contributed by atoms with Crippen molar-refractivity contribution in [3.05, 3.63) is 32.3 Å². The zero-order valence-corrected chi connectivity index (χ0v) is 13.1. The van der Waals surface area contributed by atoms with Crippen molar-refractivity contribution in [3.63, 3.8) is 0 Å². The first-order valence-electron chi connectivity index (χ1n) is 6.96. The van der Waals surface area contributed by atoms with Gasteiger partial charge < -0.3 is 10.4 Å². The van der Waals surface area contributed by atoms with E-state index in [-0.39, 0.29) is 27.8 Å². The Labute approximate surface area is 133 Å². The lowest BCUT2D eigenvalue weighted by atomic mass is 9.74. The summed E-state index contributed by atoms with van der Waals surface area (Å²) >= 11 is 11.8. The topological polar surface area (TPSA) is 75.4 Å². The normalized spacial score (nSPS) is 17.5. The molecular weight excluding hydrogens is 315 g/mol. The molecule has 0 radical (unpaired) electrons. The van der Waals surface area contributed by atoms with Crippen LogP contribution in [0.3, 0.4) is 0 Å². The number of hydrogen-bond donors (Lipinski definition) is 2. The molecule has 1 aromatic rings. The summed E-state index contributed by atoms with van der Waals surface area (Å²) in [5, 5.41) is 24.3. The molecule has 1 aliphatic rings. The number of hydrogen-bond acceptors (Lipinski definition) is 4. The molecule has 1 aromatic carbocycles. The Morgan fingerprint density at radius 1 is 1.24 bits per heavy atom. The second-order valence-electron chi connectivity index (χ2n) is 5.61. The van der Waals surface area contributed by atoms with Crippen LogP contribution < -0.4 is 5.32 Å². The molecule has 116 valence electrons. The number of rotatable bonds is 5. The molecule has 0 atom stereocenters. The predicted octanol–water partition coefficient (Wildman–Crippen LogP) is 4.26. The number of aliphatic hydroxyl groups excluding tert-OH is 1. The smallest absolute Gasteiger partial charge is 0.293 e. The molecule has 0 heterocycles. The molecule has 1 fully saturated rings. The van der Waals surface area contributed by atoms with Gasteiger partial charge in [-0.15, -0.1) is 0 Å². The molecule has 0 bridgehead atoms. The van der Waals surface area contributed by atoms with E-state index in [1.54, 1.807) is 0 Å². The van der Waals surface area contributed by atoms with E-state index in [9.17, 15) is 15.2 Å². The highest BCUT2D eigenvalue weighted by molar-refractivity contribution is 6.42. The third-order valence-corrected chi connectivity index (χ3v) is 4.86. The van der Waals surface area contributed by atoms with E-state index >= 15 is 0 Å². The highest BCUT2D eigenvalue weighted by atomic mass is 35.5. The molecule has 0 spiro atoms. The van der Waals surface area contributed by atoms with E-state index in [0.29, 0.717) is 12.2 Å². The Bertz CT molecular complexity index is 531. The summed E-state index contributed by atoms with van der Waals surface area (Å²) in [6, 6.07) is 2.72. The third-order valence-electron chi connectivity index (χ3n) is 4.14. The van der Waals surface area contributed by atoms with Gasteiger partial charge in [-0.2, -0.15) is 0 Å². The molecule has 0 saturated heterocycles. The first kappa shape index (κ1) is 16.3. The van der Waals surface area contributed by atoms with E-state index in [4.69, 9.17) is 23.2 Å². The molecule has 1 aliphatic carbocycles. The lowest BCUT2D eigenvalue weighted by Crippen LogP contribution is -2.35. The minimum atomic E-state index is -0.489. The van der Waals surface area contributed by atoms with Gasteiger partial charge in [0.05, 0.1) is 21.6 Å². The summed E-state index contributed by atoms with van der Waals surface area (Å²) in [6.07, 6.45) is 5.17. The molecule has 0 amide bonds. The number of halogens is 2. The molecule has 21 heavy (non-hydrogen) atoms. The zero-order valence-electron chi connectivity index (χ0n) is 11.6. The van der Waals surface area contributed by atoms with Gasteiger partial charge in [-0.3, -0.25) is 10.1 Å². The average Bonchev–Trinajstić information content (AvgIpc) is 2.48. The van der Waals surface area contributed by atoms with Gasteiger partial charge in [-0.25, -0.2) is 0 Å². The summed E-state index contributed by atoms with van der Waals surface area (Å²) in [7, 11) is 0. The number of benzene rings is 1. The van der Waals surface area contributed by atoms with Crippen LogP contribution in [0.2, 0.25) is 10.0 Å². The van der Waals surface area contributed by atoms with Crippen molar-refractivity contribution in [2.24, 2.45) is 5.41 Å². The number of nitrogens with zero attached hydrogens (tertiary/aromatic N) is 1. The molecular formula is C14H18Cl2N2O3. The maximum atomic E-state index is 11.1. The molecule has 0 unspecified atom stereocenters. The van der Waals surface area contributed by atoms with E-state index in [1.807, 2.05) is 0 Å². The molecule has 0 aromatic heterocycles. The largest absolute Gasteiger partial charge is 0.396 e. The minimum absolute atomic E-state index is 0.0785. The summed E-state index contributed by atoms with van der Waals surface area (Å²) in [5.41, 5.74) is 0.0270. The van der Waals surface area contributed by atoms with Crippen molar-refractivity contribution in [1.29, 1.82) is 0 Å². The van der Waals surface area contributed by atoms with Crippen molar-refractivity contribution in [2.75, 3.05) is 18.5 Å². The van der Waals surface area contributed by atoms with Crippen molar-refractivity contribution in [1.82, 2.24) is 0 Å². The lowest BCUT2D eigenvalue weighted by molar-refractivity contribution is -0.384. The van der Waals surface area contributed by atoms with Crippen LogP contribution in [-0.2, 0) is 0 Å². The summed E-state index contributed by atoms with van der Waals surface area (Å²) < 4.78 is 0. The van der Waals surface area contributed by atoms with Gasteiger partial charge in [0.15, 0.2) is 0 Å². The molecule has 5 nitrogen and oxygen atoms in total. The Morgan fingerprint density at radius 3 is 2.43 bits per heavy atom. The van der Waals surface area contributed by atoms with Gasteiger partial charge >= 0.3 is 0 Å². The average molecular weight is 333 g/mol.